The van der Waals surface area contributed by atoms with Crippen molar-refractivity contribution in [1.29, 1.82) is 0 Å². The molecule has 68 valence electrons. The lowest BCUT2D eigenvalue weighted by molar-refractivity contribution is 0.210. The topological polar surface area (TPSA) is 38.0 Å². The number of nitrogens with zero attached hydrogens (tertiary/aromatic N) is 2. The maximum Gasteiger partial charge on any atom is 0.146 e. The smallest absolute Gasteiger partial charge is 0.146 e. The number of imidazole rings is 1. The first-order chi connectivity index (χ1) is 6.29. The largest absolute Gasteiger partial charge is 0.380 e. The number of rotatable bonds is 2. The Balaban J connectivity index is 2.33. The van der Waals surface area contributed by atoms with Crippen molar-refractivity contribution in [2.45, 2.75) is 6.10 Å². The van der Waals surface area contributed by atoms with Gasteiger partial charge in [-0.3, -0.25) is 0 Å². The SMILES string of the molecule is Cn1ccnc1[C@@H](O)c1cccs1. The summed E-state index contributed by atoms with van der Waals surface area (Å²) in [4.78, 5) is 5.02. The molecule has 2 aromatic heterocycles. The lowest BCUT2D eigenvalue weighted by atomic mass is 10.3. The van der Waals surface area contributed by atoms with Crippen LogP contribution in [-0.4, -0.2) is 14.7 Å². The minimum absolute atomic E-state index is 0.597. The van der Waals surface area contributed by atoms with Crippen molar-refractivity contribution in [2.24, 2.45) is 7.05 Å². The van der Waals surface area contributed by atoms with E-state index in [0.717, 1.165) is 4.88 Å². The summed E-state index contributed by atoms with van der Waals surface area (Å²) in [5.74, 6) is 0.683. The highest BCUT2D eigenvalue weighted by atomic mass is 32.1. The summed E-state index contributed by atoms with van der Waals surface area (Å²) in [6.45, 7) is 0. The molecule has 3 nitrogen and oxygen atoms in total. The summed E-state index contributed by atoms with van der Waals surface area (Å²) >= 11 is 1.53. The van der Waals surface area contributed by atoms with Gasteiger partial charge in [0.05, 0.1) is 0 Å². The Morgan fingerprint density at radius 2 is 2.46 bits per heavy atom. The number of thiophene rings is 1. The van der Waals surface area contributed by atoms with Crippen molar-refractivity contribution in [1.82, 2.24) is 9.55 Å². The zero-order valence-electron chi connectivity index (χ0n) is 7.21. The van der Waals surface area contributed by atoms with E-state index in [-0.39, 0.29) is 0 Å². The third-order valence-corrected chi connectivity index (χ3v) is 2.84. The van der Waals surface area contributed by atoms with E-state index in [1.807, 2.05) is 35.3 Å². The number of aliphatic hydroxyl groups excluding tert-OH is 1. The van der Waals surface area contributed by atoms with Crippen LogP contribution in [0.1, 0.15) is 16.8 Å². The molecule has 1 atom stereocenters. The summed E-state index contributed by atoms with van der Waals surface area (Å²) in [6, 6.07) is 3.83. The van der Waals surface area contributed by atoms with Gasteiger partial charge in [0.2, 0.25) is 0 Å². The van der Waals surface area contributed by atoms with Crippen LogP contribution >= 0.6 is 11.3 Å². The van der Waals surface area contributed by atoms with Gasteiger partial charge in [0.1, 0.15) is 11.9 Å². The lowest BCUT2D eigenvalue weighted by Gasteiger charge is -2.07. The Kier molecular flexibility index (Phi) is 2.16. The summed E-state index contributed by atoms with van der Waals surface area (Å²) in [7, 11) is 1.87. The van der Waals surface area contributed by atoms with E-state index in [2.05, 4.69) is 4.98 Å². The van der Waals surface area contributed by atoms with Gasteiger partial charge < -0.3 is 9.67 Å². The fourth-order valence-electron chi connectivity index (χ4n) is 1.21. The Morgan fingerprint density at radius 3 is 3.00 bits per heavy atom. The second-order valence-electron chi connectivity index (χ2n) is 2.81. The molecule has 0 saturated carbocycles. The molecule has 0 bridgehead atoms. The number of hydrogen-bond donors (Lipinski definition) is 1. The Bertz CT molecular complexity index is 380. The van der Waals surface area contributed by atoms with Crippen LogP contribution in [0.5, 0.6) is 0 Å². The second kappa shape index (κ2) is 3.32. The highest BCUT2D eigenvalue weighted by Gasteiger charge is 2.14. The van der Waals surface area contributed by atoms with Crippen LogP contribution in [0, 0.1) is 0 Å². The van der Waals surface area contributed by atoms with Crippen LogP contribution < -0.4 is 0 Å². The quantitative estimate of drug-likeness (QED) is 0.788. The van der Waals surface area contributed by atoms with Gasteiger partial charge in [0.25, 0.3) is 0 Å². The molecule has 0 aliphatic rings. The van der Waals surface area contributed by atoms with Crippen molar-refractivity contribution in [3.63, 3.8) is 0 Å². The number of aromatic nitrogens is 2. The number of aryl methyl sites for hydroxylation is 1. The predicted molar refractivity (Wildman–Crippen MR) is 51.6 cm³/mol. The van der Waals surface area contributed by atoms with Gasteiger partial charge in [-0.05, 0) is 11.4 Å². The molecule has 13 heavy (non-hydrogen) atoms. The van der Waals surface area contributed by atoms with E-state index < -0.39 is 6.10 Å². The van der Waals surface area contributed by atoms with Crippen molar-refractivity contribution >= 4 is 11.3 Å². The molecule has 0 fully saturated rings. The number of aliphatic hydroxyl groups is 1. The van der Waals surface area contributed by atoms with E-state index in [1.165, 1.54) is 11.3 Å². The fourth-order valence-corrected chi connectivity index (χ4v) is 1.92. The van der Waals surface area contributed by atoms with Crippen LogP contribution in [0.2, 0.25) is 0 Å². The third kappa shape index (κ3) is 1.50. The van der Waals surface area contributed by atoms with Crippen LogP contribution in [0.25, 0.3) is 0 Å². The molecule has 2 aromatic rings. The standard InChI is InChI=1S/C9H10N2OS/c1-11-5-4-10-9(11)8(12)7-3-2-6-13-7/h2-6,8,12H,1H3/t8-/m0/s1. The molecule has 0 radical (unpaired) electrons. The van der Waals surface area contributed by atoms with Gasteiger partial charge in [-0.25, -0.2) is 4.98 Å². The second-order valence-corrected chi connectivity index (χ2v) is 3.79. The average molecular weight is 194 g/mol. The molecule has 0 aliphatic carbocycles. The van der Waals surface area contributed by atoms with Crippen LogP contribution in [0.4, 0.5) is 0 Å². The monoisotopic (exact) mass is 194 g/mol. The molecule has 0 spiro atoms. The zero-order valence-corrected chi connectivity index (χ0v) is 8.03. The normalized spacial score (nSPS) is 13.1. The van der Waals surface area contributed by atoms with Crippen molar-refractivity contribution in [3.8, 4) is 0 Å². The van der Waals surface area contributed by atoms with Gasteiger partial charge in [-0.15, -0.1) is 11.3 Å². The molecule has 2 rings (SSSR count). The molecule has 2 heterocycles. The maximum absolute atomic E-state index is 9.88. The van der Waals surface area contributed by atoms with Crippen molar-refractivity contribution in [3.05, 3.63) is 40.6 Å². The first kappa shape index (κ1) is 8.47. The average Bonchev–Trinajstić information content (AvgIpc) is 2.72. The highest BCUT2D eigenvalue weighted by molar-refractivity contribution is 7.10. The zero-order chi connectivity index (χ0) is 9.26. The molecular weight excluding hydrogens is 184 g/mol. The highest BCUT2D eigenvalue weighted by Crippen LogP contribution is 2.23. The summed E-state index contributed by atoms with van der Waals surface area (Å²) < 4.78 is 1.82. The molecule has 1 N–H and O–H groups in total. The Morgan fingerprint density at radius 1 is 1.62 bits per heavy atom. The minimum Gasteiger partial charge on any atom is -0.380 e. The molecule has 0 aromatic carbocycles. The maximum atomic E-state index is 9.88. The van der Waals surface area contributed by atoms with Gasteiger partial charge in [-0.1, -0.05) is 6.07 Å². The van der Waals surface area contributed by atoms with Gasteiger partial charge in [0.15, 0.2) is 0 Å². The molecule has 4 heteroatoms. The van der Waals surface area contributed by atoms with E-state index >= 15 is 0 Å². The Hall–Kier alpha value is -1.13. The van der Waals surface area contributed by atoms with Crippen molar-refractivity contribution < 1.29 is 5.11 Å². The van der Waals surface area contributed by atoms with Crippen LogP contribution in [-0.2, 0) is 7.05 Å². The van der Waals surface area contributed by atoms with Gasteiger partial charge >= 0.3 is 0 Å². The van der Waals surface area contributed by atoms with Gasteiger partial charge in [-0.2, -0.15) is 0 Å². The molecule has 0 saturated heterocycles. The van der Waals surface area contributed by atoms with Crippen LogP contribution in [0.15, 0.2) is 29.9 Å². The lowest BCUT2D eigenvalue weighted by Crippen LogP contribution is -2.05. The molecule has 0 unspecified atom stereocenters. The summed E-state index contributed by atoms with van der Waals surface area (Å²) in [5, 5.41) is 11.8. The van der Waals surface area contributed by atoms with E-state index in [1.54, 1.807) is 6.20 Å². The fraction of sp³-hybridized carbons (Fsp3) is 0.222. The summed E-state index contributed by atoms with van der Waals surface area (Å²) in [5.41, 5.74) is 0. The third-order valence-electron chi connectivity index (χ3n) is 1.92. The van der Waals surface area contributed by atoms with Crippen molar-refractivity contribution in [2.75, 3.05) is 0 Å². The van der Waals surface area contributed by atoms with Gasteiger partial charge in [0, 0.05) is 24.3 Å². The predicted octanol–water partition coefficient (Wildman–Crippen LogP) is 1.56. The van der Waals surface area contributed by atoms with E-state index in [4.69, 9.17) is 0 Å². The number of hydrogen-bond acceptors (Lipinski definition) is 3. The van der Waals surface area contributed by atoms with E-state index in [9.17, 15) is 5.11 Å². The molecule has 0 aliphatic heterocycles. The van der Waals surface area contributed by atoms with Crippen LogP contribution in [0.3, 0.4) is 0 Å². The first-order valence-corrected chi connectivity index (χ1v) is 4.85. The minimum atomic E-state index is -0.597. The molecule has 0 amide bonds. The summed E-state index contributed by atoms with van der Waals surface area (Å²) in [6.07, 6.45) is 2.91. The van der Waals surface area contributed by atoms with E-state index in [0.29, 0.717) is 5.82 Å². The molecular formula is C9H10N2OS. The Labute approximate surface area is 80.3 Å². The first-order valence-electron chi connectivity index (χ1n) is 3.97.